The molecule has 1 aliphatic heterocycles. The van der Waals surface area contributed by atoms with E-state index in [2.05, 4.69) is 33.6 Å². The van der Waals surface area contributed by atoms with Crippen LogP contribution < -0.4 is 15.4 Å². The van der Waals surface area contributed by atoms with Crippen molar-refractivity contribution >= 4 is 39.0 Å². The summed E-state index contributed by atoms with van der Waals surface area (Å²) < 4.78 is 6.50. The molecule has 0 aliphatic carbocycles. The molecule has 0 radical (unpaired) electrons. The zero-order valence-electron chi connectivity index (χ0n) is 15.9. The second-order valence-electron chi connectivity index (χ2n) is 6.90. The Hall–Kier alpha value is -3.45. The molecule has 1 aliphatic rings. The molecule has 144 valence electrons. The Labute approximate surface area is 171 Å². The molecule has 2 aromatic heterocycles. The van der Waals surface area contributed by atoms with E-state index in [9.17, 15) is 4.79 Å². The highest BCUT2D eigenvalue weighted by atomic mass is 32.1. The molecule has 7 heteroatoms. The highest BCUT2D eigenvalue weighted by Gasteiger charge is 2.27. The number of nitrogens with zero attached hydrogens (tertiary/aromatic N) is 2. The van der Waals surface area contributed by atoms with Gasteiger partial charge < -0.3 is 15.4 Å². The van der Waals surface area contributed by atoms with Gasteiger partial charge in [0.25, 0.3) is 5.91 Å². The first-order chi connectivity index (χ1) is 14.1. The summed E-state index contributed by atoms with van der Waals surface area (Å²) in [6.07, 6.45) is 1.85. The molecule has 3 heterocycles. The van der Waals surface area contributed by atoms with Crippen molar-refractivity contribution in [2.75, 3.05) is 12.4 Å². The number of amides is 1. The summed E-state index contributed by atoms with van der Waals surface area (Å²) in [4.78, 5) is 21.1. The van der Waals surface area contributed by atoms with Gasteiger partial charge in [-0.3, -0.25) is 4.79 Å². The van der Waals surface area contributed by atoms with Crippen LogP contribution in [0.4, 0.5) is 11.5 Å². The van der Waals surface area contributed by atoms with Crippen molar-refractivity contribution in [3.63, 3.8) is 0 Å². The summed E-state index contributed by atoms with van der Waals surface area (Å²) in [5.41, 5.74) is 8.47. The van der Waals surface area contributed by atoms with E-state index >= 15 is 0 Å². The Balaban J connectivity index is 1.50. The normalized spacial score (nSPS) is 12.7. The lowest BCUT2D eigenvalue weighted by molar-refractivity contribution is 0.0963. The van der Waals surface area contributed by atoms with Gasteiger partial charge in [-0.2, -0.15) is 0 Å². The highest BCUT2D eigenvalue weighted by Crippen LogP contribution is 2.36. The molecule has 0 fully saturated rings. The van der Waals surface area contributed by atoms with Gasteiger partial charge in [0.2, 0.25) is 0 Å². The fraction of sp³-hybridized carbons (Fsp3) is 0.136. The predicted octanol–water partition coefficient (Wildman–Crippen LogP) is 4.66. The molecule has 0 bridgehead atoms. The number of hydrogen-bond donors (Lipinski definition) is 2. The number of thiazole rings is 1. The van der Waals surface area contributed by atoms with Crippen molar-refractivity contribution in [3.8, 4) is 16.9 Å². The average molecular weight is 402 g/mol. The number of nitrogens with one attached hydrogen (secondary N) is 2. The van der Waals surface area contributed by atoms with Gasteiger partial charge in [0.15, 0.2) is 0 Å². The first kappa shape index (κ1) is 17.6. The molecule has 1 amide bonds. The standard InChI is InChI=1S/C22H18N4O2S/c1-12-7-20(26-13-3-5-17-19(8-13)29-11-25-17)23-9-15(12)14-4-6-18(28-2)21-16(14)10-24-22(21)27/h3-9,11H,10H2,1-2H3,(H,23,26)(H,24,27). The molecule has 2 N–H and O–H groups in total. The third kappa shape index (κ3) is 3.00. The van der Waals surface area contributed by atoms with Crippen LogP contribution in [0.1, 0.15) is 21.5 Å². The van der Waals surface area contributed by atoms with Gasteiger partial charge in [0.05, 0.1) is 28.4 Å². The highest BCUT2D eigenvalue weighted by molar-refractivity contribution is 7.16. The van der Waals surface area contributed by atoms with E-state index in [0.29, 0.717) is 17.9 Å². The van der Waals surface area contributed by atoms with Gasteiger partial charge in [-0.25, -0.2) is 9.97 Å². The van der Waals surface area contributed by atoms with Crippen LogP contribution in [0, 0.1) is 6.92 Å². The minimum Gasteiger partial charge on any atom is -0.496 e. The second-order valence-corrected chi connectivity index (χ2v) is 7.78. The lowest BCUT2D eigenvalue weighted by Gasteiger charge is -2.14. The van der Waals surface area contributed by atoms with E-state index in [1.165, 1.54) is 0 Å². The van der Waals surface area contributed by atoms with Crippen molar-refractivity contribution in [2.45, 2.75) is 13.5 Å². The molecule has 29 heavy (non-hydrogen) atoms. The predicted molar refractivity (Wildman–Crippen MR) is 115 cm³/mol. The van der Waals surface area contributed by atoms with Crippen LogP contribution >= 0.6 is 11.3 Å². The summed E-state index contributed by atoms with van der Waals surface area (Å²) in [5, 5.41) is 6.25. The van der Waals surface area contributed by atoms with Gasteiger partial charge in [-0.15, -0.1) is 11.3 Å². The molecule has 5 rings (SSSR count). The van der Waals surface area contributed by atoms with Crippen LogP contribution in [0.2, 0.25) is 0 Å². The maximum Gasteiger partial charge on any atom is 0.255 e. The number of methoxy groups -OCH3 is 1. The van der Waals surface area contributed by atoms with Crippen LogP contribution in [0.25, 0.3) is 21.3 Å². The maximum atomic E-state index is 12.2. The zero-order valence-corrected chi connectivity index (χ0v) is 16.8. The molecule has 0 unspecified atom stereocenters. The topological polar surface area (TPSA) is 76.1 Å². The summed E-state index contributed by atoms with van der Waals surface area (Å²) in [5.74, 6) is 1.27. The Morgan fingerprint density at radius 2 is 2.03 bits per heavy atom. The van der Waals surface area contributed by atoms with Crippen molar-refractivity contribution in [1.29, 1.82) is 0 Å². The van der Waals surface area contributed by atoms with Crippen LogP contribution in [0.15, 0.2) is 48.1 Å². The lowest BCUT2D eigenvalue weighted by atomic mass is 9.94. The number of ether oxygens (including phenoxy) is 1. The number of fused-ring (bicyclic) bond motifs is 2. The number of rotatable bonds is 4. The number of hydrogen-bond acceptors (Lipinski definition) is 6. The number of aromatic nitrogens is 2. The second kappa shape index (κ2) is 6.86. The molecule has 0 spiro atoms. The molecule has 0 saturated carbocycles. The largest absolute Gasteiger partial charge is 0.496 e. The van der Waals surface area contributed by atoms with Crippen LogP contribution in [0.3, 0.4) is 0 Å². The van der Waals surface area contributed by atoms with Gasteiger partial charge in [-0.05, 0) is 53.9 Å². The van der Waals surface area contributed by atoms with Crippen molar-refractivity contribution < 1.29 is 9.53 Å². The third-order valence-electron chi connectivity index (χ3n) is 5.15. The molecular weight excluding hydrogens is 384 g/mol. The van der Waals surface area contributed by atoms with Gasteiger partial charge in [0, 0.05) is 24.0 Å². The van der Waals surface area contributed by atoms with E-state index in [4.69, 9.17) is 4.74 Å². The van der Waals surface area contributed by atoms with Crippen LogP contribution in [0.5, 0.6) is 5.75 Å². The SMILES string of the molecule is COc1ccc(-c2cnc(Nc3ccc4ncsc4c3)cc2C)c2c1C(=O)NC2. The summed E-state index contributed by atoms with van der Waals surface area (Å²) in [6, 6.07) is 11.9. The fourth-order valence-corrected chi connectivity index (χ4v) is 4.44. The first-order valence-electron chi connectivity index (χ1n) is 9.19. The van der Waals surface area contributed by atoms with E-state index in [1.807, 2.05) is 42.0 Å². The number of carbonyl (C=O) groups is 1. The van der Waals surface area contributed by atoms with E-state index in [1.54, 1.807) is 18.4 Å². The number of pyridine rings is 1. The summed E-state index contributed by atoms with van der Waals surface area (Å²) >= 11 is 1.61. The smallest absolute Gasteiger partial charge is 0.255 e. The van der Waals surface area contributed by atoms with Crippen LogP contribution in [-0.4, -0.2) is 23.0 Å². The monoisotopic (exact) mass is 402 g/mol. The van der Waals surface area contributed by atoms with Crippen molar-refractivity contribution in [2.24, 2.45) is 0 Å². The molecule has 6 nitrogen and oxygen atoms in total. The average Bonchev–Trinajstić information content (AvgIpc) is 3.34. The minimum absolute atomic E-state index is 0.0962. The number of aryl methyl sites for hydroxylation is 1. The maximum absolute atomic E-state index is 12.2. The van der Waals surface area contributed by atoms with Gasteiger partial charge >= 0.3 is 0 Å². The number of benzene rings is 2. The number of anilines is 2. The van der Waals surface area contributed by atoms with Crippen LogP contribution in [-0.2, 0) is 6.54 Å². The minimum atomic E-state index is -0.0962. The zero-order chi connectivity index (χ0) is 20.0. The van der Waals surface area contributed by atoms with Gasteiger partial charge in [-0.1, -0.05) is 6.07 Å². The Morgan fingerprint density at radius 3 is 2.86 bits per heavy atom. The lowest BCUT2D eigenvalue weighted by Crippen LogP contribution is -2.13. The molecule has 0 saturated heterocycles. The van der Waals surface area contributed by atoms with Crippen molar-refractivity contribution in [1.82, 2.24) is 15.3 Å². The molecule has 0 atom stereocenters. The van der Waals surface area contributed by atoms with Crippen molar-refractivity contribution in [3.05, 3.63) is 64.8 Å². The Kier molecular flexibility index (Phi) is 4.17. The Bertz CT molecular complexity index is 1270. The molecular formula is C22H18N4O2S. The molecule has 4 aromatic rings. The summed E-state index contributed by atoms with van der Waals surface area (Å²) in [6.45, 7) is 2.55. The third-order valence-corrected chi connectivity index (χ3v) is 5.94. The van der Waals surface area contributed by atoms with E-state index < -0.39 is 0 Å². The summed E-state index contributed by atoms with van der Waals surface area (Å²) in [7, 11) is 1.58. The van der Waals surface area contributed by atoms with Gasteiger partial charge in [0.1, 0.15) is 11.6 Å². The fourth-order valence-electron chi connectivity index (χ4n) is 3.73. The molecule has 2 aromatic carbocycles. The number of carbonyl (C=O) groups excluding carboxylic acids is 1. The quantitative estimate of drug-likeness (QED) is 0.519. The Morgan fingerprint density at radius 1 is 1.14 bits per heavy atom. The van der Waals surface area contributed by atoms with E-state index in [0.717, 1.165) is 44.0 Å². The van der Waals surface area contributed by atoms with E-state index in [-0.39, 0.29) is 5.91 Å². The first-order valence-corrected chi connectivity index (χ1v) is 10.1.